The fraction of sp³-hybridized carbons (Fsp3) is 0.250. The Morgan fingerprint density at radius 2 is 2.08 bits per heavy atom. The van der Waals surface area contributed by atoms with Crippen molar-refractivity contribution in [2.24, 2.45) is 4.99 Å². The van der Waals surface area contributed by atoms with Crippen LogP contribution in [0.1, 0.15) is 13.3 Å². The number of rotatable bonds is 5. The lowest BCUT2D eigenvalue weighted by Crippen LogP contribution is -1.77. The summed E-state index contributed by atoms with van der Waals surface area (Å²) in [6, 6.07) is 0. The maximum atomic E-state index is 3.89. The first kappa shape index (κ1) is 11.6. The molecule has 0 aromatic rings. The van der Waals surface area contributed by atoms with Gasteiger partial charge in [0.05, 0.1) is 0 Å². The van der Waals surface area contributed by atoms with Crippen molar-refractivity contribution in [2.75, 3.05) is 7.05 Å². The Balaban J connectivity index is 4.36. The van der Waals surface area contributed by atoms with Crippen molar-refractivity contribution in [3.05, 3.63) is 48.6 Å². The summed E-state index contributed by atoms with van der Waals surface area (Å²) in [5, 5.41) is 0. The average molecular weight is 175 g/mol. The Hall–Kier alpha value is -1.37. The summed E-state index contributed by atoms with van der Waals surface area (Å²) in [6.07, 6.45) is 10.5. The van der Waals surface area contributed by atoms with Crippen LogP contribution in [0.5, 0.6) is 0 Å². The standard InChI is InChI=1S/C12H17N/c1-5-11(3)7-8-12(6-2)9-10-13-4/h5,7-10H,1,3,6H2,2,4H3/b8-7-,12-9+,13-10-. The lowest BCUT2D eigenvalue weighted by atomic mass is 10.1. The summed E-state index contributed by atoms with van der Waals surface area (Å²) >= 11 is 0. The molecular formula is C12H17N. The summed E-state index contributed by atoms with van der Waals surface area (Å²) < 4.78 is 0. The van der Waals surface area contributed by atoms with Crippen LogP contribution in [-0.4, -0.2) is 13.3 Å². The predicted molar refractivity (Wildman–Crippen MR) is 61.3 cm³/mol. The van der Waals surface area contributed by atoms with Gasteiger partial charge >= 0.3 is 0 Å². The summed E-state index contributed by atoms with van der Waals surface area (Å²) in [5.41, 5.74) is 2.15. The molecule has 0 aromatic carbocycles. The Bertz CT molecular complexity index is 254. The number of aliphatic imine (C=N–C) groups is 1. The molecule has 0 saturated carbocycles. The van der Waals surface area contributed by atoms with Crippen LogP contribution in [0.2, 0.25) is 0 Å². The molecule has 0 amide bonds. The predicted octanol–water partition coefficient (Wildman–Crippen LogP) is 3.32. The van der Waals surface area contributed by atoms with E-state index < -0.39 is 0 Å². The smallest absolute Gasteiger partial charge is 0.0277 e. The monoisotopic (exact) mass is 175 g/mol. The van der Waals surface area contributed by atoms with E-state index in [4.69, 9.17) is 0 Å². The van der Waals surface area contributed by atoms with Gasteiger partial charge in [0.2, 0.25) is 0 Å². The van der Waals surface area contributed by atoms with Crippen molar-refractivity contribution in [3.8, 4) is 0 Å². The third-order valence-electron chi connectivity index (χ3n) is 1.62. The van der Waals surface area contributed by atoms with E-state index in [1.54, 1.807) is 19.3 Å². The van der Waals surface area contributed by atoms with Crippen LogP contribution in [0.25, 0.3) is 0 Å². The number of nitrogens with zero attached hydrogens (tertiary/aromatic N) is 1. The maximum Gasteiger partial charge on any atom is 0.0277 e. The first-order valence-electron chi connectivity index (χ1n) is 4.35. The summed E-state index contributed by atoms with van der Waals surface area (Å²) in [4.78, 5) is 3.89. The molecule has 1 nitrogen and oxygen atoms in total. The molecule has 13 heavy (non-hydrogen) atoms. The van der Waals surface area contributed by atoms with E-state index in [0.717, 1.165) is 12.0 Å². The highest BCUT2D eigenvalue weighted by Gasteiger charge is 1.85. The molecule has 0 aromatic heterocycles. The third-order valence-corrected chi connectivity index (χ3v) is 1.62. The van der Waals surface area contributed by atoms with Crippen LogP contribution in [0, 0.1) is 0 Å². The second-order valence-corrected chi connectivity index (χ2v) is 2.61. The minimum Gasteiger partial charge on any atom is -0.297 e. The van der Waals surface area contributed by atoms with Crippen molar-refractivity contribution in [3.63, 3.8) is 0 Å². The van der Waals surface area contributed by atoms with Gasteiger partial charge in [0, 0.05) is 13.3 Å². The van der Waals surface area contributed by atoms with Gasteiger partial charge in [-0.05, 0) is 23.6 Å². The van der Waals surface area contributed by atoms with Gasteiger partial charge in [-0.2, -0.15) is 0 Å². The molecular weight excluding hydrogens is 158 g/mol. The molecule has 0 unspecified atom stereocenters. The highest BCUT2D eigenvalue weighted by molar-refractivity contribution is 5.72. The van der Waals surface area contributed by atoms with Gasteiger partial charge in [0.15, 0.2) is 0 Å². The molecule has 0 bridgehead atoms. The van der Waals surface area contributed by atoms with Crippen molar-refractivity contribution in [1.82, 2.24) is 0 Å². The molecule has 0 aliphatic carbocycles. The fourth-order valence-electron chi connectivity index (χ4n) is 0.744. The first-order valence-corrected chi connectivity index (χ1v) is 4.35. The first-order chi connectivity index (χ1) is 6.24. The Morgan fingerprint density at radius 3 is 2.54 bits per heavy atom. The maximum absolute atomic E-state index is 3.89. The zero-order valence-corrected chi connectivity index (χ0v) is 8.46. The molecule has 0 saturated heterocycles. The molecule has 0 aliphatic heterocycles. The number of hydrogen-bond acceptors (Lipinski definition) is 1. The fourth-order valence-corrected chi connectivity index (χ4v) is 0.744. The van der Waals surface area contributed by atoms with Gasteiger partial charge in [0.1, 0.15) is 0 Å². The molecule has 0 atom stereocenters. The molecule has 0 aliphatic rings. The summed E-state index contributed by atoms with van der Waals surface area (Å²) in [5.74, 6) is 0. The van der Waals surface area contributed by atoms with E-state index in [-0.39, 0.29) is 0 Å². The zero-order chi connectivity index (χ0) is 10.1. The van der Waals surface area contributed by atoms with Crippen LogP contribution < -0.4 is 0 Å². The van der Waals surface area contributed by atoms with Gasteiger partial charge < -0.3 is 0 Å². The van der Waals surface area contributed by atoms with Gasteiger partial charge in [-0.25, -0.2) is 0 Å². The summed E-state index contributed by atoms with van der Waals surface area (Å²) in [6.45, 7) is 9.53. The molecule has 0 N–H and O–H groups in total. The van der Waals surface area contributed by atoms with Crippen molar-refractivity contribution in [1.29, 1.82) is 0 Å². The molecule has 0 radical (unpaired) electrons. The van der Waals surface area contributed by atoms with Crippen LogP contribution >= 0.6 is 0 Å². The Morgan fingerprint density at radius 1 is 1.38 bits per heavy atom. The van der Waals surface area contributed by atoms with Gasteiger partial charge in [-0.1, -0.05) is 38.3 Å². The summed E-state index contributed by atoms with van der Waals surface area (Å²) in [7, 11) is 1.76. The van der Waals surface area contributed by atoms with Crippen molar-refractivity contribution < 1.29 is 0 Å². The topological polar surface area (TPSA) is 12.4 Å². The minimum absolute atomic E-state index is 0.924. The Kier molecular flexibility index (Phi) is 6.52. The van der Waals surface area contributed by atoms with E-state index in [9.17, 15) is 0 Å². The molecule has 0 fully saturated rings. The number of allylic oxidation sites excluding steroid dienone is 6. The zero-order valence-electron chi connectivity index (χ0n) is 8.46. The average Bonchev–Trinajstić information content (AvgIpc) is 2.17. The van der Waals surface area contributed by atoms with E-state index in [1.165, 1.54) is 5.57 Å². The second-order valence-electron chi connectivity index (χ2n) is 2.61. The number of hydrogen-bond donors (Lipinski definition) is 0. The van der Waals surface area contributed by atoms with Crippen LogP contribution in [0.3, 0.4) is 0 Å². The SMILES string of the molecule is C=CC(=C)\C=C/C(=C/C=N\C)CC. The van der Waals surface area contributed by atoms with E-state index in [0.29, 0.717) is 0 Å². The van der Waals surface area contributed by atoms with Crippen LogP contribution in [-0.2, 0) is 0 Å². The minimum atomic E-state index is 0.924. The molecule has 70 valence electrons. The lowest BCUT2D eigenvalue weighted by Gasteiger charge is -1.94. The van der Waals surface area contributed by atoms with E-state index in [2.05, 4.69) is 25.1 Å². The molecule has 0 rings (SSSR count). The van der Waals surface area contributed by atoms with Crippen LogP contribution in [0.15, 0.2) is 53.6 Å². The van der Waals surface area contributed by atoms with E-state index in [1.807, 2.05) is 18.2 Å². The van der Waals surface area contributed by atoms with Gasteiger partial charge in [-0.15, -0.1) is 0 Å². The largest absolute Gasteiger partial charge is 0.297 e. The van der Waals surface area contributed by atoms with Crippen molar-refractivity contribution in [2.45, 2.75) is 13.3 Å². The molecule has 0 spiro atoms. The van der Waals surface area contributed by atoms with Crippen LogP contribution in [0.4, 0.5) is 0 Å². The van der Waals surface area contributed by atoms with Gasteiger partial charge in [-0.3, -0.25) is 4.99 Å². The highest BCUT2D eigenvalue weighted by atomic mass is 14.6. The lowest BCUT2D eigenvalue weighted by molar-refractivity contribution is 1.15. The normalized spacial score (nSPS) is 12.6. The Labute approximate surface area is 80.9 Å². The second kappa shape index (κ2) is 7.29. The van der Waals surface area contributed by atoms with E-state index >= 15 is 0 Å². The molecule has 0 heterocycles. The highest BCUT2D eigenvalue weighted by Crippen LogP contribution is 2.04. The quantitative estimate of drug-likeness (QED) is 0.449. The van der Waals surface area contributed by atoms with Crippen molar-refractivity contribution >= 4 is 6.21 Å². The van der Waals surface area contributed by atoms with Gasteiger partial charge in [0.25, 0.3) is 0 Å². The third kappa shape index (κ3) is 5.85. The molecule has 1 heteroatoms.